The van der Waals surface area contributed by atoms with Crippen LogP contribution in [-0.2, 0) is 0 Å². The highest BCUT2D eigenvalue weighted by molar-refractivity contribution is 7.80. The van der Waals surface area contributed by atoms with E-state index in [4.69, 9.17) is 34.0 Å². The molecule has 0 bridgehead atoms. The predicted octanol–water partition coefficient (Wildman–Crippen LogP) is 4.26. The molecule has 0 radical (unpaired) electrons. The lowest BCUT2D eigenvalue weighted by Gasteiger charge is -2.04. The van der Waals surface area contributed by atoms with E-state index in [0.717, 1.165) is 11.1 Å². The molecule has 0 saturated carbocycles. The van der Waals surface area contributed by atoms with Gasteiger partial charge >= 0.3 is 0 Å². The molecule has 0 spiro atoms. The highest BCUT2D eigenvalue weighted by Gasteiger charge is 2.07. The van der Waals surface area contributed by atoms with Gasteiger partial charge in [-0.3, -0.25) is 0 Å². The molecule has 1 heterocycles. The van der Waals surface area contributed by atoms with Crippen LogP contribution in [0.3, 0.4) is 0 Å². The molecule has 2 aromatic carbocycles. The van der Waals surface area contributed by atoms with Crippen LogP contribution in [0.15, 0.2) is 57.9 Å². The van der Waals surface area contributed by atoms with Crippen LogP contribution in [0.2, 0.25) is 5.02 Å². The van der Waals surface area contributed by atoms with Gasteiger partial charge in [-0.2, -0.15) is 0 Å². The lowest BCUT2D eigenvalue weighted by molar-refractivity contribution is 0.543. The molecule has 0 amide bonds. The number of benzene rings is 2. The van der Waals surface area contributed by atoms with Gasteiger partial charge in [0.05, 0.1) is 11.3 Å². The second-order valence-corrected chi connectivity index (χ2v) is 5.84. The summed E-state index contributed by atoms with van der Waals surface area (Å²) in [6.45, 7) is 2.02. The van der Waals surface area contributed by atoms with Gasteiger partial charge in [0.1, 0.15) is 10.6 Å². The van der Waals surface area contributed by atoms with Crippen LogP contribution in [-0.4, -0.2) is 4.99 Å². The van der Waals surface area contributed by atoms with E-state index >= 15 is 0 Å². The molecule has 3 nitrogen and oxygen atoms in total. The number of fused-ring (bicyclic) bond motifs is 1. The fourth-order valence-corrected chi connectivity index (χ4v) is 2.42. The number of nitrogens with zero attached hydrogens (tertiary/aromatic N) is 1. The zero-order chi connectivity index (χ0) is 15.7. The van der Waals surface area contributed by atoms with Gasteiger partial charge in [0.25, 0.3) is 0 Å². The van der Waals surface area contributed by atoms with E-state index < -0.39 is 0 Å². The zero-order valence-corrected chi connectivity index (χ0v) is 13.4. The van der Waals surface area contributed by atoms with E-state index in [1.807, 2.05) is 37.3 Å². The summed E-state index contributed by atoms with van der Waals surface area (Å²) < 4.78 is 5.85. The maximum absolute atomic E-state index is 6.01. The molecule has 0 unspecified atom stereocenters. The van der Waals surface area contributed by atoms with E-state index in [-0.39, 0.29) is 4.99 Å². The van der Waals surface area contributed by atoms with E-state index in [1.165, 1.54) is 5.56 Å². The molecule has 2 N–H and O–H groups in total. The molecule has 3 aromatic rings. The first-order valence-electron chi connectivity index (χ1n) is 6.67. The summed E-state index contributed by atoms with van der Waals surface area (Å²) in [5.41, 5.74) is 9.40. The van der Waals surface area contributed by atoms with E-state index in [2.05, 4.69) is 4.99 Å². The first-order valence-corrected chi connectivity index (χ1v) is 7.46. The number of hydrogen-bond acceptors (Lipinski definition) is 3. The fraction of sp³-hybridized carbons (Fsp3) is 0.0588. The van der Waals surface area contributed by atoms with Crippen molar-refractivity contribution in [3.05, 3.63) is 70.2 Å². The number of halogens is 1. The summed E-state index contributed by atoms with van der Waals surface area (Å²) in [5.74, 6) is 0. The Balaban J connectivity index is 2.27. The number of hydrogen-bond donors (Lipinski definition) is 1. The Kier molecular flexibility index (Phi) is 3.96. The lowest BCUT2D eigenvalue weighted by Crippen LogP contribution is -2.20. The summed E-state index contributed by atoms with van der Waals surface area (Å²) in [6.07, 6.45) is 0. The molecule has 1 aromatic heterocycles. The van der Waals surface area contributed by atoms with Crippen LogP contribution >= 0.6 is 23.8 Å². The molecule has 0 fully saturated rings. The van der Waals surface area contributed by atoms with Crippen molar-refractivity contribution in [1.29, 1.82) is 0 Å². The van der Waals surface area contributed by atoms with Crippen LogP contribution in [0.4, 0.5) is 5.69 Å². The average molecular weight is 329 g/mol. The smallest absolute Gasteiger partial charge is 0.230 e. The van der Waals surface area contributed by atoms with Gasteiger partial charge in [-0.15, -0.1) is 0 Å². The Labute approximate surface area is 138 Å². The third-order valence-corrected chi connectivity index (χ3v) is 3.69. The second kappa shape index (κ2) is 5.91. The quantitative estimate of drug-likeness (QED) is 0.715. The standard InChI is InChI=1S/C17H13ClN2OS/c1-10-2-5-13(6-3-10)20-17-14(16(19)22)9-11-8-12(18)4-7-15(11)21-17/h2-9H,1H3,(H2,19,22)/b20-17-. The van der Waals surface area contributed by atoms with E-state index in [0.29, 0.717) is 21.7 Å². The monoisotopic (exact) mass is 328 g/mol. The molecule has 0 saturated heterocycles. The third-order valence-electron chi connectivity index (χ3n) is 3.24. The normalized spacial score (nSPS) is 11.8. The molecular weight excluding hydrogens is 316 g/mol. The van der Waals surface area contributed by atoms with Gasteiger partial charge in [0.15, 0.2) is 0 Å². The molecule has 110 valence electrons. The number of aryl methyl sites for hydroxylation is 1. The molecule has 5 heteroatoms. The summed E-state index contributed by atoms with van der Waals surface area (Å²) in [6, 6.07) is 15.0. The molecule has 0 aliphatic heterocycles. The lowest BCUT2D eigenvalue weighted by atomic mass is 10.2. The Morgan fingerprint density at radius 1 is 1.14 bits per heavy atom. The van der Waals surface area contributed by atoms with Crippen molar-refractivity contribution < 1.29 is 4.42 Å². The van der Waals surface area contributed by atoms with Crippen LogP contribution in [0.25, 0.3) is 11.0 Å². The summed E-state index contributed by atoms with van der Waals surface area (Å²) in [4.78, 5) is 4.74. The minimum absolute atomic E-state index is 0.233. The Morgan fingerprint density at radius 3 is 2.55 bits per heavy atom. The van der Waals surface area contributed by atoms with Gasteiger partial charge < -0.3 is 10.2 Å². The highest BCUT2D eigenvalue weighted by Crippen LogP contribution is 2.19. The highest BCUT2D eigenvalue weighted by atomic mass is 35.5. The number of nitrogens with two attached hydrogens (primary N) is 1. The topological polar surface area (TPSA) is 51.5 Å². The first-order chi connectivity index (χ1) is 10.5. The van der Waals surface area contributed by atoms with Crippen LogP contribution in [0.1, 0.15) is 11.1 Å². The second-order valence-electron chi connectivity index (χ2n) is 4.96. The van der Waals surface area contributed by atoms with Gasteiger partial charge in [0.2, 0.25) is 5.55 Å². The number of thiocarbonyl (C=S) groups is 1. The fourth-order valence-electron chi connectivity index (χ4n) is 2.10. The van der Waals surface area contributed by atoms with Crippen LogP contribution < -0.4 is 11.3 Å². The maximum atomic E-state index is 6.01. The Hall–Kier alpha value is -2.17. The molecule has 0 aliphatic rings. The Morgan fingerprint density at radius 2 is 1.86 bits per heavy atom. The third kappa shape index (κ3) is 3.03. The first kappa shape index (κ1) is 14.8. The van der Waals surface area contributed by atoms with Gasteiger partial charge in [0, 0.05) is 10.4 Å². The Bertz CT molecular complexity index is 930. The minimum Gasteiger partial charge on any atom is -0.438 e. The van der Waals surface area contributed by atoms with Gasteiger partial charge in [-0.1, -0.05) is 41.5 Å². The van der Waals surface area contributed by atoms with Crippen LogP contribution in [0.5, 0.6) is 0 Å². The maximum Gasteiger partial charge on any atom is 0.230 e. The van der Waals surface area contributed by atoms with Crippen molar-refractivity contribution in [3.8, 4) is 0 Å². The van der Waals surface area contributed by atoms with Crippen LogP contribution in [0, 0.1) is 6.92 Å². The average Bonchev–Trinajstić information content (AvgIpc) is 2.49. The van der Waals surface area contributed by atoms with Gasteiger partial charge in [-0.05, 0) is 43.3 Å². The van der Waals surface area contributed by atoms with E-state index in [9.17, 15) is 0 Å². The van der Waals surface area contributed by atoms with Gasteiger partial charge in [-0.25, -0.2) is 4.99 Å². The summed E-state index contributed by atoms with van der Waals surface area (Å²) in [5, 5.41) is 1.46. The zero-order valence-electron chi connectivity index (χ0n) is 11.8. The molecular formula is C17H13ClN2OS. The minimum atomic E-state index is 0.233. The van der Waals surface area contributed by atoms with Crippen molar-refractivity contribution >= 4 is 45.5 Å². The van der Waals surface area contributed by atoms with Crippen molar-refractivity contribution in [1.82, 2.24) is 0 Å². The summed E-state index contributed by atoms with van der Waals surface area (Å²) in [7, 11) is 0. The van der Waals surface area contributed by atoms with Crippen molar-refractivity contribution in [3.63, 3.8) is 0 Å². The predicted molar refractivity (Wildman–Crippen MR) is 93.5 cm³/mol. The largest absolute Gasteiger partial charge is 0.438 e. The molecule has 3 rings (SSSR count). The van der Waals surface area contributed by atoms with Crippen molar-refractivity contribution in [2.45, 2.75) is 6.92 Å². The molecule has 0 atom stereocenters. The van der Waals surface area contributed by atoms with Crippen molar-refractivity contribution in [2.75, 3.05) is 0 Å². The molecule has 22 heavy (non-hydrogen) atoms. The molecule has 0 aliphatic carbocycles. The SMILES string of the molecule is Cc1ccc(/N=c2\oc3ccc(Cl)cc3cc2C(N)=S)cc1. The van der Waals surface area contributed by atoms with Crippen molar-refractivity contribution in [2.24, 2.45) is 10.7 Å². The summed E-state index contributed by atoms with van der Waals surface area (Å²) >= 11 is 11.1. The van der Waals surface area contributed by atoms with E-state index in [1.54, 1.807) is 18.2 Å². The number of rotatable bonds is 2.